The van der Waals surface area contributed by atoms with E-state index in [0.717, 1.165) is 0 Å². The Morgan fingerprint density at radius 3 is 2.71 bits per heavy atom. The van der Waals surface area contributed by atoms with Gasteiger partial charge in [0.1, 0.15) is 11.3 Å². The highest BCUT2D eigenvalue weighted by molar-refractivity contribution is 6.05. The van der Waals surface area contributed by atoms with Crippen molar-refractivity contribution in [1.29, 1.82) is 0 Å². The number of likely N-dealkylation sites (N-methyl/N-ethyl adjacent to an activating group) is 1. The fourth-order valence-electron chi connectivity index (χ4n) is 2.68. The molecule has 1 aliphatic rings. The highest BCUT2D eigenvalue weighted by Crippen LogP contribution is 2.33. The predicted molar refractivity (Wildman–Crippen MR) is 89.8 cm³/mol. The number of pyridine rings is 1. The van der Waals surface area contributed by atoms with Gasteiger partial charge in [-0.25, -0.2) is 0 Å². The summed E-state index contributed by atoms with van der Waals surface area (Å²) in [5, 5.41) is 2.69. The van der Waals surface area contributed by atoms with E-state index in [9.17, 15) is 14.4 Å². The Bertz CT molecular complexity index is 901. The van der Waals surface area contributed by atoms with Crippen molar-refractivity contribution in [2.24, 2.45) is 0 Å². The molecule has 7 nitrogen and oxygen atoms in total. The summed E-state index contributed by atoms with van der Waals surface area (Å²) in [5.41, 5.74) is 2.07. The zero-order valence-electron chi connectivity index (χ0n) is 13.6. The molecule has 1 aromatic heterocycles. The lowest BCUT2D eigenvalue weighted by Gasteiger charge is -2.26. The van der Waals surface area contributed by atoms with Crippen LogP contribution in [0, 0.1) is 13.8 Å². The minimum Gasteiger partial charge on any atom is -0.481 e. The molecule has 0 bridgehead atoms. The number of nitrogens with one attached hydrogen (secondary N) is 2. The molecule has 3 rings (SSSR count). The molecular weight excluding hydrogens is 310 g/mol. The minimum atomic E-state index is -0.492. The van der Waals surface area contributed by atoms with Gasteiger partial charge in [0.2, 0.25) is 0 Å². The zero-order chi connectivity index (χ0) is 17.4. The van der Waals surface area contributed by atoms with Crippen molar-refractivity contribution in [1.82, 2.24) is 4.98 Å². The van der Waals surface area contributed by atoms with Crippen LogP contribution >= 0.6 is 0 Å². The number of nitrogens with zero attached hydrogens (tertiary/aromatic N) is 1. The maximum absolute atomic E-state index is 12.4. The molecule has 0 atom stereocenters. The number of hydrogen-bond donors (Lipinski definition) is 2. The molecule has 124 valence electrons. The van der Waals surface area contributed by atoms with Crippen LogP contribution in [0.5, 0.6) is 5.75 Å². The van der Waals surface area contributed by atoms with E-state index in [4.69, 9.17) is 4.74 Å². The first-order chi connectivity index (χ1) is 11.4. The predicted octanol–water partition coefficient (Wildman–Crippen LogP) is 1.60. The van der Waals surface area contributed by atoms with Gasteiger partial charge in [-0.15, -0.1) is 0 Å². The smallest absolute Gasteiger partial charge is 0.264 e. The zero-order valence-corrected chi connectivity index (χ0v) is 13.6. The van der Waals surface area contributed by atoms with Crippen LogP contribution in [-0.4, -0.2) is 30.5 Å². The standard InChI is InChI=1S/C17H17N3O4/c1-9-6-10(2)18-16(22)15(9)17(23)19-11-4-5-12-13(7-11)24-8-14(21)20(12)3/h4-7H,8H2,1-3H3,(H,18,22)(H,19,23). The van der Waals surface area contributed by atoms with Crippen LogP contribution in [0.25, 0.3) is 0 Å². The fraction of sp³-hybridized carbons (Fsp3) is 0.235. The van der Waals surface area contributed by atoms with Gasteiger partial charge in [0.25, 0.3) is 17.4 Å². The molecule has 0 unspecified atom stereocenters. The van der Waals surface area contributed by atoms with Gasteiger partial charge in [0.05, 0.1) is 5.69 Å². The third kappa shape index (κ3) is 2.76. The summed E-state index contributed by atoms with van der Waals surface area (Å²) in [6.45, 7) is 3.43. The van der Waals surface area contributed by atoms with Gasteiger partial charge in [-0.2, -0.15) is 0 Å². The number of carbonyl (C=O) groups is 2. The lowest BCUT2D eigenvalue weighted by Crippen LogP contribution is -2.35. The molecule has 2 amide bonds. The number of amides is 2. The van der Waals surface area contributed by atoms with Crippen LogP contribution < -0.4 is 20.5 Å². The van der Waals surface area contributed by atoms with E-state index in [2.05, 4.69) is 10.3 Å². The number of fused-ring (bicyclic) bond motifs is 1. The van der Waals surface area contributed by atoms with Crippen LogP contribution in [0.1, 0.15) is 21.6 Å². The summed E-state index contributed by atoms with van der Waals surface area (Å²) < 4.78 is 5.39. The van der Waals surface area contributed by atoms with Gasteiger partial charge >= 0.3 is 0 Å². The van der Waals surface area contributed by atoms with Crippen LogP contribution in [-0.2, 0) is 4.79 Å². The second kappa shape index (κ2) is 5.84. The summed E-state index contributed by atoms with van der Waals surface area (Å²) in [5.74, 6) is -0.125. The lowest BCUT2D eigenvalue weighted by molar-refractivity contribution is -0.120. The summed E-state index contributed by atoms with van der Waals surface area (Å²) in [6, 6.07) is 6.72. The summed E-state index contributed by atoms with van der Waals surface area (Å²) in [4.78, 5) is 40.2. The SMILES string of the molecule is Cc1cc(C)c(C(=O)Nc2ccc3c(c2)OCC(=O)N3C)c(=O)[nH]1. The molecule has 0 saturated carbocycles. The molecular formula is C17H17N3O4. The summed E-state index contributed by atoms with van der Waals surface area (Å²) in [7, 11) is 1.66. The third-order valence-corrected chi connectivity index (χ3v) is 3.90. The normalized spacial score (nSPS) is 13.3. The number of carbonyl (C=O) groups excluding carboxylic acids is 2. The average Bonchev–Trinajstić information content (AvgIpc) is 2.50. The van der Waals surface area contributed by atoms with E-state index in [0.29, 0.717) is 28.4 Å². The Morgan fingerprint density at radius 2 is 2.00 bits per heavy atom. The number of ether oxygens (including phenoxy) is 1. The van der Waals surface area contributed by atoms with E-state index < -0.39 is 11.5 Å². The number of H-pyrrole nitrogens is 1. The second-order valence-corrected chi connectivity index (χ2v) is 5.72. The highest BCUT2D eigenvalue weighted by Gasteiger charge is 2.23. The lowest BCUT2D eigenvalue weighted by atomic mass is 10.1. The van der Waals surface area contributed by atoms with Crippen LogP contribution in [0.2, 0.25) is 0 Å². The number of aromatic nitrogens is 1. The van der Waals surface area contributed by atoms with E-state index in [-0.39, 0.29) is 18.1 Å². The van der Waals surface area contributed by atoms with Crippen molar-refractivity contribution in [3.8, 4) is 5.75 Å². The number of hydrogen-bond acceptors (Lipinski definition) is 4. The van der Waals surface area contributed by atoms with Crippen molar-refractivity contribution in [3.63, 3.8) is 0 Å². The maximum atomic E-state index is 12.4. The van der Waals surface area contributed by atoms with E-state index >= 15 is 0 Å². The largest absolute Gasteiger partial charge is 0.481 e. The van der Waals surface area contributed by atoms with Crippen LogP contribution in [0.4, 0.5) is 11.4 Å². The minimum absolute atomic E-state index is 0.0440. The molecule has 2 heterocycles. The van der Waals surface area contributed by atoms with Crippen LogP contribution in [0.3, 0.4) is 0 Å². The molecule has 2 aromatic rings. The van der Waals surface area contributed by atoms with Gasteiger partial charge in [0.15, 0.2) is 6.61 Å². The topological polar surface area (TPSA) is 91.5 Å². The molecule has 0 saturated heterocycles. The van der Waals surface area contributed by atoms with Gasteiger partial charge in [-0.3, -0.25) is 14.4 Å². The second-order valence-electron chi connectivity index (χ2n) is 5.72. The van der Waals surface area contributed by atoms with Crippen molar-refractivity contribution in [3.05, 3.63) is 51.4 Å². The average molecular weight is 327 g/mol. The number of rotatable bonds is 2. The molecule has 2 N–H and O–H groups in total. The van der Waals surface area contributed by atoms with E-state index in [1.807, 2.05) is 0 Å². The molecule has 0 aliphatic carbocycles. The van der Waals surface area contributed by atoms with Gasteiger partial charge < -0.3 is 19.9 Å². The Hall–Kier alpha value is -3.09. The molecule has 0 fully saturated rings. The van der Waals surface area contributed by atoms with Crippen molar-refractivity contribution >= 4 is 23.2 Å². The Labute approximate surface area is 138 Å². The summed E-state index contributed by atoms with van der Waals surface area (Å²) in [6.07, 6.45) is 0. The number of aromatic amines is 1. The number of benzene rings is 1. The monoisotopic (exact) mass is 327 g/mol. The molecule has 24 heavy (non-hydrogen) atoms. The van der Waals surface area contributed by atoms with Crippen molar-refractivity contribution in [2.45, 2.75) is 13.8 Å². The highest BCUT2D eigenvalue weighted by atomic mass is 16.5. The van der Waals surface area contributed by atoms with Crippen molar-refractivity contribution < 1.29 is 14.3 Å². The molecule has 1 aliphatic heterocycles. The van der Waals surface area contributed by atoms with Gasteiger partial charge in [0, 0.05) is 24.5 Å². The number of anilines is 2. The van der Waals surface area contributed by atoms with Gasteiger partial charge in [-0.05, 0) is 37.6 Å². The number of aryl methyl sites for hydroxylation is 2. The Balaban J connectivity index is 1.89. The van der Waals surface area contributed by atoms with E-state index in [1.54, 1.807) is 45.2 Å². The summed E-state index contributed by atoms with van der Waals surface area (Å²) >= 11 is 0. The maximum Gasteiger partial charge on any atom is 0.264 e. The molecule has 1 aromatic carbocycles. The van der Waals surface area contributed by atoms with Crippen molar-refractivity contribution in [2.75, 3.05) is 23.9 Å². The van der Waals surface area contributed by atoms with Gasteiger partial charge in [-0.1, -0.05) is 0 Å². The fourth-order valence-corrected chi connectivity index (χ4v) is 2.68. The Kier molecular flexibility index (Phi) is 3.84. The third-order valence-electron chi connectivity index (χ3n) is 3.90. The first kappa shape index (κ1) is 15.8. The first-order valence-electron chi connectivity index (χ1n) is 7.42. The molecule has 0 radical (unpaired) electrons. The quantitative estimate of drug-likeness (QED) is 0.876. The van der Waals surface area contributed by atoms with Crippen LogP contribution in [0.15, 0.2) is 29.1 Å². The molecule has 0 spiro atoms. The molecule has 7 heteroatoms. The first-order valence-corrected chi connectivity index (χ1v) is 7.42. The van der Waals surface area contributed by atoms with E-state index in [1.165, 1.54) is 4.90 Å². The Morgan fingerprint density at radius 1 is 1.25 bits per heavy atom.